The Hall–Kier alpha value is -1.43. The Morgan fingerprint density at radius 2 is 2.20 bits per heavy atom. The van der Waals surface area contributed by atoms with Crippen LogP contribution in [0.15, 0.2) is 18.3 Å². The van der Waals surface area contributed by atoms with Gasteiger partial charge < -0.3 is 14.6 Å². The number of rotatable bonds is 5. The van der Waals surface area contributed by atoms with Gasteiger partial charge in [0.2, 0.25) is 0 Å². The number of aryl methyl sites for hydroxylation is 1. The molecule has 0 aliphatic carbocycles. The molecule has 1 amide bonds. The van der Waals surface area contributed by atoms with Crippen molar-refractivity contribution in [2.45, 2.75) is 44.6 Å². The van der Waals surface area contributed by atoms with Crippen molar-refractivity contribution in [3.8, 4) is 0 Å². The third kappa shape index (κ3) is 2.70. The summed E-state index contributed by atoms with van der Waals surface area (Å²) in [6.45, 7) is 4.71. The zero-order chi connectivity index (χ0) is 14.7. The summed E-state index contributed by atoms with van der Waals surface area (Å²) in [4.78, 5) is 25.6. The average molecular weight is 296 g/mol. The molecule has 6 heteroatoms. The summed E-state index contributed by atoms with van der Waals surface area (Å²) < 4.78 is 1.85. The molecule has 0 saturated carbocycles. The molecule has 1 aromatic rings. The van der Waals surface area contributed by atoms with Gasteiger partial charge >= 0.3 is 5.97 Å². The fourth-order valence-electron chi connectivity index (χ4n) is 2.51. The van der Waals surface area contributed by atoms with Gasteiger partial charge in [0.25, 0.3) is 5.91 Å². The van der Waals surface area contributed by atoms with E-state index in [1.54, 1.807) is 22.7 Å². The van der Waals surface area contributed by atoms with Crippen LogP contribution in [-0.4, -0.2) is 43.6 Å². The number of carboxylic acids is 1. The maximum atomic E-state index is 12.7. The minimum Gasteiger partial charge on any atom is -0.480 e. The van der Waals surface area contributed by atoms with E-state index in [4.69, 9.17) is 0 Å². The van der Waals surface area contributed by atoms with Crippen molar-refractivity contribution in [3.05, 3.63) is 24.0 Å². The predicted molar refractivity (Wildman–Crippen MR) is 78.9 cm³/mol. The molecule has 1 fully saturated rings. The molecule has 0 bridgehead atoms. The number of hydrogen-bond acceptors (Lipinski definition) is 3. The second kappa shape index (κ2) is 6.35. The van der Waals surface area contributed by atoms with Crippen LogP contribution in [-0.2, 0) is 11.3 Å². The molecule has 1 aromatic heterocycles. The highest BCUT2D eigenvalue weighted by Crippen LogP contribution is 2.33. The highest BCUT2D eigenvalue weighted by molar-refractivity contribution is 8.00. The quantitative estimate of drug-likeness (QED) is 0.905. The molecule has 5 nitrogen and oxygen atoms in total. The van der Waals surface area contributed by atoms with Gasteiger partial charge in [-0.1, -0.05) is 13.3 Å². The van der Waals surface area contributed by atoms with E-state index in [1.807, 2.05) is 30.7 Å². The number of carboxylic acid groups (broad SMARTS) is 1. The van der Waals surface area contributed by atoms with Crippen LogP contribution in [0.5, 0.6) is 0 Å². The van der Waals surface area contributed by atoms with E-state index in [9.17, 15) is 14.7 Å². The Morgan fingerprint density at radius 1 is 1.45 bits per heavy atom. The molecule has 0 aromatic carbocycles. The van der Waals surface area contributed by atoms with E-state index in [0.29, 0.717) is 18.0 Å². The number of carbonyl (C=O) groups excluding carboxylic acids is 1. The zero-order valence-corrected chi connectivity index (χ0v) is 12.6. The normalized spacial score (nSPS) is 22.2. The lowest BCUT2D eigenvalue weighted by Crippen LogP contribution is -2.46. The lowest BCUT2D eigenvalue weighted by atomic mass is 10.2. The van der Waals surface area contributed by atoms with Gasteiger partial charge in [-0.05, 0) is 25.5 Å². The lowest BCUT2D eigenvalue weighted by Gasteiger charge is -2.27. The number of hydrogen-bond donors (Lipinski definition) is 1. The molecule has 2 atom stereocenters. The van der Waals surface area contributed by atoms with Crippen LogP contribution in [0.25, 0.3) is 0 Å². The van der Waals surface area contributed by atoms with Crippen LogP contribution >= 0.6 is 11.8 Å². The highest BCUT2D eigenvalue weighted by atomic mass is 32.2. The third-order valence-electron chi connectivity index (χ3n) is 3.54. The number of carbonyl (C=O) groups is 2. The first-order valence-electron chi connectivity index (χ1n) is 6.92. The van der Waals surface area contributed by atoms with Gasteiger partial charge in [0.1, 0.15) is 11.7 Å². The minimum absolute atomic E-state index is 0.0335. The average Bonchev–Trinajstić information content (AvgIpc) is 3.04. The Bertz CT molecular complexity index is 500. The first kappa shape index (κ1) is 15.0. The molecule has 110 valence electrons. The predicted octanol–water partition coefficient (Wildman–Crippen LogP) is 2.28. The van der Waals surface area contributed by atoms with Gasteiger partial charge in [-0.25, -0.2) is 4.79 Å². The van der Waals surface area contributed by atoms with Gasteiger partial charge in [-0.3, -0.25) is 4.79 Å². The second-order valence-electron chi connectivity index (χ2n) is 4.82. The van der Waals surface area contributed by atoms with Gasteiger partial charge in [0.15, 0.2) is 0 Å². The van der Waals surface area contributed by atoms with Gasteiger partial charge in [-0.2, -0.15) is 0 Å². The molecule has 0 spiro atoms. The topological polar surface area (TPSA) is 62.5 Å². The monoisotopic (exact) mass is 296 g/mol. The standard InChI is InChI=1S/C14H20N2O3S/c1-3-6-12-16(11(9-20-12)14(18)19)13(17)10-7-5-8-15(10)4-2/h5,7-8,11-12H,3-4,6,9H2,1-2H3,(H,18,19). The summed E-state index contributed by atoms with van der Waals surface area (Å²) in [7, 11) is 0. The SMILES string of the molecule is CCCC1SCC(C(=O)O)N1C(=O)c1cccn1CC. The molecule has 0 radical (unpaired) electrons. The van der Waals surface area contributed by atoms with Gasteiger partial charge in [-0.15, -0.1) is 11.8 Å². The van der Waals surface area contributed by atoms with Gasteiger partial charge in [0, 0.05) is 18.5 Å². The molecule has 1 aliphatic heterocycles. The first-order chi connectivity index (χ1) is 9.60. The lowest BCUT2D eigenvalue weighted by molar-refractivity contribution is -0.141. The van der Waals surface area contributed by atoms with Crippen LogP contribution in [0.1, 0.15) is 37.2 Å². The molecule has 2 rings (SSSR count). The molecule has 1 N–H and O–H groups in total. The fraction of sp³-hybridized carbons (Fsp3) is 0.571. The van der Waals surface area contributed by atoms with E-state index in [2.05, 4.69) is 0 Å². The fourth-order valence-corrected chi connectivity index (χ4v) is 4.03. The van der Waals surface area contributed by atoms with Crippen molar-refractivity contribution in [1.29, 1.82) is 0 Å². The first-order valence-corrected chi connectivity index (χ1v) is 7.97. The number of aromatic nitrogens is 1. The number of amides is 1. The summed E-state index contributed by atoms with van der Waals surface area (Å²) >= 11 is 1.57. The largest absolute Gasteiger partial charge is 0.480 e. The number of thioether (sulfide) groups is 1. The smallest absolute Gasteiger partial charge is 0.327 e. The second-order valence-corrected chi connectivity index (χ2v) is 6.03. The van der Waals surface area contributed by atoms with Crippen molar-refractivity contribution < 1.29 is 14.7 Å². The van der Waals surface area contributed by atoms with E-state index in [1.165, 1.54) is 0 Å². The van der Waals surface area contributed by atoms with Crippen molar-refractivity contribution in [2.24, 2.45) is 0 Å². The zero-order valence-electron chi connectivity index (χ0n) is 11.8. The van der Waals surface area contributed by atoms with Crippen molar-refractivity contribution in [2.75, 3.05) is 5.75 Å². The third-order valence-corrected chi connectivity index (χ3v) is 4.89. The van der Waals surface area contributed by atoms with E-state index < -0.39 is 12.0 Å². The summed E-state index contributed by atoms with van der Waals surface area (Å²) in [5, 5.41) is 9.30. The van der Waals surface area contributed by atoms with Crippen LogP contribution in [0.3, 0.4) is 0 Å². The maximum absolute atomic E-state index is 12.7. The Kier molecular flexibility index (Phi) is 4.75. The van der Waals surface area contributed by atoms with E-state index in [0.717, 1.165) is 12.8 Å². The Morgan fingerprint density at radius 3 is 2.80 bits per heavy atom. The molecule has 1 saturated heterocycles. The van der Waals surface area contributed by atoms with Crippen LogP contribution in [0.2, 0.25) is 0 Å². The molecule has 2 unspecified atom stereocenters. The summed E-state index contributed by atoms with van der Waals surface area (Å²) in [5.41, 5.74) is 0.572. The maximum Gasteiger partial charge on any atom is 0.327 e. The Balaban J connectivity index is 2.29. The molecule has 20 heavy (non-hydrogen) atoms. The molecular weight excluding hydrogens is 276 g/mol. The number of nitrogens with zero attached hydrogens (tertiary/aromatic N) is 2. The molecular formula is C14H20N2O3S. The summed E-state index contributed by atoms with van der Waals surface area (Å²) in [5.74, 6) is -0.620. The minimum atomic E-state index is -0.918. The van der Waals surface area contributed by atoms with Crippen LogP contribution in [0, 0.1) is 0 Å². The molecule has 1 aliphatic rings. The summed E-state index contributed by atoms with van der Waals surface area (Å²) in [6, 6.07) is 2.87. The van der Waals surface area contributed by atoms with Gasteiger partial charge in [0.05, 0.1) is 5.37 Å². The summed E-state index contributed by atoms with van der Waals surface area (Å²) in [6.07, 6.45) is 3.61. The van der Waals surface area contributed by atoms with E-state index in [-0.39, 0.29) is 11.3 Å². The number of aliphatic carboxylic acids is 1. The van der Waals surface area contributed by atoms with E-state index >= 15 is 0 Å². The van der Waals surface area contributed by atoms with Crippen LogP contribution in [0.4, 0.5) is 0 Å². The van der Waals surface area contributed by atoms with Crippen molar-refractivity contribution in [3.63, 3.8) is 0 Å². The highest BCUT2D eigenvalue weighted by Gasteiger charge is 2.41. The van der Waals surface area contributed by atoms with Crippen molar-refractivity contribution >= 4 is 23.6 Å². The van der Waals surface area contributed by atoms with Crippen molar-refractivity contribution in [1.82, 2.24) is 9.47 Å². The Labute approximate surface area is 122 Å². The van der Waals surface area contributed by atoms with Crippen LogP contribution < -0.4 is 0 Å². The molecule has 2 heterocycles.